The molecule has 3 rings (SSSR count). The minimum atomic E-state index is -0.203. The highest BCUT2D eigenvalue weighted by Crippen LogP contribution is 2.22. The average molecular weight is 336 g/mol. The molecule has 0 aliphatic rings. The second kappa shape index (κ2) is 7.61. The smallest absolute Gasteiger partial charge is 0.258 e. The van der Waals surface area contributed by atoms with E-state index in [4.69, 9.17) is 4.74 Å². The van der Waals surface area contributed by atoms with Crippen molar-refractivity contribution in [2.24, 2.45) is 0 Å². The second-order valence-corrected chi connectivity index (χ2v) is 5.74. The molecule has 3 aromatic rings. The van der Waals surface area contributed by atoms with Gasteiger partial charge in [0.25, 0.3) is 5.91 Å². The van der Waals surface area contributed by atoms with Crippen LogP contribution in [0.4, 0.5) is 0 Å². The summed E-state index contributed by atoms with van der Waals surface area (Å²) in [5.74, 6) is 1.21. The molecule has 0 spiro atoms. The van der Waals surface area contributed by atoms with Crippen molar-refractivity contribution >= 4 is 5.91 Å². The van der Waals surface area contributed by atoms with Crippen molar-refractivity contribution in [3.63, 3.8) is 0 Å². The molecule has 0 unspecified atom stereocenters. The number of nitrogens with one attached hydrogen (secondary N) is 1. The number of carbonyl (C=O) groups excluding carboxylic acids is 1. The predicted molar refractivity (Wildman–Crippen MR) is 94.6 cm³/mol. The highest BCUT2D eigenvalue weighted by molar-refractivity contribution is 5.77. The quantitative estimate of drug-likeness (QED) is 0.751. The minimum Gasteiger partial charge on any atom is -0.483 e. The lowest BCUT2D eigenvalue weighted by Crippen LogP contribution is -2.29. The molecule has 0 saturated heterocycles. The maximum Gasteiger partial charge on any atom is 0.258 e. The van der Waals surface area contributed by atoms with Gasteiger partial charge in [-0.3, -0.25) is 9.36 Å². The molecule has 6 heteroatoms. The zero-order valence-electron chi connectivity index (χ0n) is 14.3. The van der Waals surface area contributed by atoms with Gasteiger partial charge in [-0.05, 0) is 37.1 Å². The number of nitrogens with zero attached hydrogens (tertiary/aromatic N) is 3. The van der Waals surface area contributed by atoms with Gasteiger partial charge in [0.05, 0.1) is 6.54 Å². The van der Waals surface area contributed by atoms with Crippen LogP contribution in [0.1, 0.15) is 17.0 Å². The first-order valence-corrected chi connectivity index (χ1v) is 8.05. The molecule has 2 aromatic carbocycles. The SMILES string of the molecule is Cc1cccc(C)c1OCC(=O)NCc1nncn1-c1ccccc1. The van der Waals surface area contributed by atoms with E-state index >= 15 is 0 Å². The van der Waals surface area contributed by atoms with Crippen molar-refractivity contribution in [2.75, 3.05) is 6.61 Å². The van der Waals surface area contributed by atoms with Crippen LogP contribution < -0.4 is 10.1 Å². The average Bonchev–Trinajstić information content (AvgIpc) is 3.09. The summed E-state index contributed by atoms with van der Waals surface area (Å²) in [7, 11) is 0. The largest absolute Gasteiger partial charge is 0.483 e. The highest BCUT2D eigenvalue weighted by Gasteiger charge is 2.10. The van der Waals surface area contributed by atoms with E-state index in [1.807, 2.05) is 66.9 Å². The lowest BCUT2D eigenvalue weighted by molar-refractivity contribution is -0.123. The van der Waals surface area contributed by atoms with E-state index in [-0.39, 0.29) is 19.1 Å². The molecule has 1 amide bonds. The zero-order chi connectivity index (χ0) is 17.6. The van der Waals surface area contributed by atoms with Crippen molar-refractivity contribution in [1.29, 1.82) is 0 Å². The van der Waals surface area contributed by atoms with Crippen LogP contribution in [0.3, 0.4) is 0 Å². The van der Waals surface area contributed by atoms with Crippen LogP contribution in [0, 0.1) is 13.8 Å². The Morgan fingerprint density at radius 1 is 1.08 bits per heavy atom. The molecule has 25 heavy (non-hydrogen) atoms. The Labute approximate surface area is 146 Å². The zero-order valence-corrected chi connectivity index (χ0v) is 14.3. The Bertz CT molecular complexity index is 839. The maximum absolute atomic E-state index is 12.1. The molecule has 1 N–H and O–H groups in total. The first-order chi connectivity index (χ1) is 12.1. The fraction of sp³-hybridized carbons (Fsp3) is 0.211. The van der Waals surface area contributed by atoms with E-state index in [1.165, 1.54) is 0 Å². The number of hydrogen-bond acceptors (Lipinski definition) is 4. The van der Waals surface area contributed by atoms with Crippen molar-refractivity contribution in [3.8, 4) is 11.4 Å². The van der Waals surface area contributed by atoms with E-state index < -0.39 is 0 Å². The van der Waals surface area contributed by atoms with Crippen LogP contribution in [0.15, 0.2) is 54.9 Å². The topological polar surface area (TPSA) is 69.0 Å². The number of ether oxygens (including phenoxy) is 1. The van der Waals surface area contributed by atoms with Crippen molar-refractivity contribution in [2.45, 2.75) is 20.4 Å². The fourth-order valence-corrected chi connectivity index (χ4v) is 2.58. The number of benzene rings is 2. The van der Waals surface area contributed by atoms with Crippen LogP contribution in [-0.4, -0.2) is 27.3 Å². The molecule has 0 aliphatic carbocycles. The van der Waals surface area contributed by atoms with Gasteiger partial charge in [0, 0.05) is 5.69 Å². The number of aromatic nitrogens is 3. The molecular weight excluding hydrogens is 316 g/mol. The molecule has 1 aromatic heterocycles. The van der Waals surface area contributed by atoms with Gasteiger partial charge in [-0.2, -0.15) is 0 Å². The highest BCUT2D eigenvalue weighted by atomic mass is 16.5. The van der Waals surface area contributed by atoms with E-state index in [0.717, 1.165) is 22.6 Å². The Hall–Kier alpha value is -3.15. The van der Waals surface area contributed by atoms with Gasteiger partial charge in [0.2, 0.25) is 0 Å². The van der Waals surface area contributed by atoms with Gasteiger partial charge < -0.3 is 10.1 Å². The van der Waals surface area contributed by atoms with Crippen LogP contribution >= 0.6 is 0 Å². The number of hydrogen-bond donors (Lipinski definition) is 1. The molecule has 0 fully saturated rings. The van der Waals surface area contributed by atoms with Crippen molar-refractivity contribution in [3.05, 3.63) is 71.8 Å². The Kier molecular flexibility index (Phi) is 5.09. The van der Waals surface area contributed by atoms with Gasteiger partial charge in [-0.25, -0.2) is 0 Å². The van der Waals surface area contributed by atoms with Crippen LogP contribution in [0.2, 0.25) is 0 Å². The summed E-state index contributed by atoms with van der Waals surface area (Å²) in [4.78, 5) is 12.1. The molecule has 1 heterocycles. The normalized spacial score (nSPS) is 10.5. The van der Waals surface area contributed by atoms with Crippen LogP contribution in [-0.2, 0) is 11.3 Å². The number of aryl methyl sites for hydroxylation is 2. The number of carbonyl (C=O) groups is 1. The van der Waals surface area contributed by atoms with Gasteiger partial charge in [0.1, 0.15) is 12.1 Å². The number of amides is 1. The van der Waals surface area contributed by atoms with Crippen LogP contribution in [0.5, 0.6) is 5.75 Å². The Morgan fingerprint density at radius 2 is 1.80 bits per heavy atom. The lowest BCUT2D eigenvalue weighted by Gasteiger charge is -2.12. The summed E-state index contributed by atoms with van der Waals surface area (Å²) >= 11 is 0. The summed E-state index contributed by atoms with van der Waals surface area (Å²) in [6.07, 6.45) is 1.63. The first-order valence-electron chi connectivity index (χ1n) is 8.05. The van der Waals surface area contributed by atoms with E-state index in [0.29, 0.717) is 5.82 Å². The summed E-state index contributed by atoms with van der Waals surface area (Å²) in [6, 6.07) is 15.6. The molecule has 0 saturated carbocycles. The lowest BCUT2D eigenvalue weighted by atomic mass is 10.1. The van der Waals surface area contributed by atoms with Gasteiger partial charge in [-0.1, -0.05) is 36.4 Å². The predicted octanol–water partition coefficient (Wildman–Crippen LogP) is 2.58. The first kappa shape index (κ1) is 16.7. The number of rotatable bonds is 6. The van der Waals surface area contributed by atoms with E-state index in [1.54, 1.807) is 6.33 Å². The second-order valence-electron chi connectivity index (χ2n) is 5.74. The summed E-state index contributed by atoms with van der Waals surface area (Å²) < 4.78 is 7.50. The monoisotopic (exact) mass is 336 g/mol. The molecule has 0 radical (unpaired) electrons. The van der Waals surface area contributed by atoms with E-state index in [2.05, 4.69) is 15.5 Å². The standard InChI is InChI=1S/C19H20N4O2/c1-14-7-6-8-15(2)19(14)25-12-18(24)20-11-17-22-21-13-23(17)16-9-4-3-5-10-16/h3-10,13H,11-12H2,1-2H3,(H,20,24). The molecule has 0 aliphatic heterocycles. The molecule has 0 bridgehead atoms. The van der Waals surface area contributed by atoms with Crippen molar-refractivity contribution in [1.82, 2.24) is 20.1 Å². The molecule has 0 atom stereocenters. The Balaban J connectivity index is 1.58. The summed E-state index contributed by atoms with van der Waals surface area (Å²) in [6.45, 7) is 4.17. The van der Waals surface area contributed by atoms with E-state index in [9.17, 15) is 4.79 Å². The third kappa shape index (κ3) is 4.03. The summed E-state index contributed by atoms with van der Waals surface area (Å²) in [5.41, 5.74) is 2.97. The molecular formula is C19H20N4O2. The number of para-hydroxylation sites is 2. The third-order valence-corrected chi connectivity index (χ3v) is 3.85. The summed E-state index contributed by atoms with van der Waals surface area (Å²) in [5, 5.41) is 10.8. The molecule has 6 nitrogen and oxygen atoms in total. The third-order valence-electron chi connectivity index (χ3n) is 3.85. The van der Waals surface area contributed by atoms with Crippen molar-refractivity contribution < 1.29 is 9.53 Å². The van der Waals surface area contributed by atoms with Crippen LogP contribution in [0.25, 0.3) is 5.69 Å². The van der Waals surface area contributed by atoms with Gasteiger partial charge >= 0.3 is 0 Å². The van der Waals surface area contributed by atoms with Gasteiger partial charge in [0.15, 0.2) is 12.4 Å². The maximum atomic E-state index is 12.1. The Morgan fingerprint density at radius 3 is 2.52 bits per heavy atom. The minimum absolute atomic E-state index is 0.0365. The van der Waals surface area contributed by atoms with Gasteiger partial charge in [-0.15, -0.1) is 10.2 Å². The molecule has 128 valence electrons. The fourth-order valence-electron chi connectivity index (χ4n) is 2.58.